The monoisotopic (exact) mass is 685 g/mol. The summed E-state index contributed by atoms with van der Waals surface area (Å²) in [6.45, 7) is 2.67. The predicted octanol–water partition coefficient (Wildman–Crippen LogP) is 7.04. The van der Waals surface area contributed by atoms with Crippen LogP contribution in [0.15, 0.2) is 85.1 Å². The molecule has 0 spiro atoms. The van der Waals surface area contributed by atoms with Gasteiger partial charge in [0.15, 0.2) is 0 Å². The van der Waals surface area contributed by atoms with Gasteiger partial charge in [0.1, 0.15) is 5.75 Å². The summed E-state index contributed by atoms with van der Waals surface area (Å²) in [7, 11) is -3.34. The fourth-order valence-corrected chi connectivity index (χ4v) is 5.83. The number of benzene rings is 3. The number of aromatic nitrogens is 1. The third-order valence-electron chi connectivity index (χ3n) is 7.27. The maximum Gasteiger partial charge on any atom is 0.337 e. The van der Waals surface area contributed by atoms with E-state index in [4.69, 9.17) is 16.3 Å². The van der Waals surface area contributed by atoms with E-state index in [0.29, 0.717) is 34.6 Å². The maximum absolute atomic E-state index is 12.4. The predicted molar refractivity (Wildman–Crippen MR) is 181 cm³/mol. The largest absolute Gasteiger partial charge is 0.478 e. The fourth-order valence-electron chi connectivity index (χ4n) is 5.07. The van der Waals surface area contributed by atoms with Gasteiger partial charge in [0.2, 0.25) is 15.9 Å². The molecule has 0 bridgehead atoms. The van der Waals surface area contributed by atoms with Crippen LogP contribution in [0.5, 0.6) is 11.6 Å². The Labute approximate surface area is 278 Å². The number of nitrogens with zero attached hydrogens (tertiary/aromatic N) is 2. The summed E-state index contributed by atoms with van der Waals surface area (Å²) in [5.41, 5.74) is 3.62. The Morgan fingerprint density at radius 1 is 0.935 bits per heavy atom. The van der Waals surface area contributed by atoms with Crippen molar-refractivity contribution in [1.29, 1.82) is 0 Å². The SMILES string of the molecule is CS(=O)(=O)Nc1ccc(Oc2ccc(CN3CCC(c4ccc(NC(=O)Nc5ccc(Cl)c(C(=O)O)c5)cc4)CC3)cn2)cc1.Cl. The van der Waals surface area contributed by atoms with Gasteiger partial charge in [0.25, 0.3) is 0 Å². The zero-order chi connectivity index (χ0) is 32.0. The van der Waals surface area contributed by atoms with E-state index in [1.807, 2.05) is 36.4 Å². The first kappa shape index (κ1) is 34.5. The molecule has 0 aliphatic carbocycles. The second kappa shape index (κ2) is 15.3. The number of carbonyl (C=O) groups excluding carboxylic acids is 1. The lowest BCUT2D eigenvalue weighted by Gasteiger charge is -2.32. The Morgan fingerprint density at radius 3 is 2.17 bits per heavy atom. The molecule has 4 aromatic rings. The summed E-state index contributed by atoms with van der Waals surface area (Å²) in [5, 5.41) is 14.7. The molecule has 1 fully saturated rings. The highest BCUT2D eigenvalue weighted by molar-refractivity contribution is 7.92. The maximum atomic E-state index is 12.4. The summed E-state index contributed by atoms with van der Waals surface area (Å²) in [5.74, 6) is 0.253. The number of ether oxygens (including phenoxy) is 1. The standard InChI is InChI=1S/C32H32ClN5O6S.ClH/c1-45(42,43)37-25-7-10-27(11-8-25)44-30-13-2-21(19-34-30)20-38-16-14-23(15-17-38)22-3-5-24(6-4-22)35-32(41)36-26-9-12-29(33)28(18-26)31(39)40;/h2-13,18-19,23,37H,14-17,20H2,1H3,(H,39,40)(H2,35,36,41);1H. The van der Waals surface area contributed by atoms with Gasteiger partial charge in [-0.3, -0.25) is 9.62 Å². The van der Waals surface area contributed by atoms with E-state index in [1.54, 1.807) is 30.5 Å². The molecule has 1 aliphatic rings. The van der Waals surface area contributed by atoms with Crippen LogP contribution in [0.1, 0.15) is 40.2 Å². The number of carboxylic acids is 1. The molecule has 14 heteroatoms. The zero-order valence-corrected chi connectivity index (χ0v) is 27.2. The number of carbonyl (C=O) groups is 2. The van der Waals surface area contributed by atoms with Crippen LogP contribution in [0.25, 0.3) is 0 Å². The molecule has 2 amide bonds. The first-order valence-corrected chi connectivity index (χ1v) is 16.4. The van der Waals surface area contributed by atoms with Crippen LogP contribution in [0, 0.1) is 0 Å². The van der Waals surface area contributed by atoms with Crippen molar-refractivity contribution in [2.45, 2.75) is 25.3 Å². The smallest absolute Gasteiger partial charge is 0.337 e. The van der Waals surface area contributed by atoms with Gasteiger partial charge in [-0.05, 0) is 97.6 Å². The molecule has 4 N–H and O–H groups in total. The minimum absolute atomic E-state index is 0. The molecule has 3 aromatic carbocycles. The molecule has 1 saturated heterocycles. The van der Waals surface area contributed by atoms with Crippen LogP contribution in [0.4, 0.5) is 21.9 Å². The summed E-state index contributed by atoms with van der Waals surface area (Å²) < 4.78 is 30.9. The van der Waals surface area contributed by atoms with E-state index in [2.05, 4.69) is 25.2 Å². The van der Waals surface area contributed by atoms with Crippen LogP contribution < -0.4 is 20.1 Å². The van der Waals surface area contributed by atoms with Crippen molar-refractivity contribution in [1.82, 2.24) is 9.88 Å². The van der Waals surface area contributed by atoms with Gasteiger partial charge in [-0.2, -0.15) is 0 Å². The van der Waals surface area contributed by atoms with E-state index in [9.17, 15) is 23.1 Å². The third-order valence-corrected chi connectivity index (χ3v) is 8.20. The van der Waals surface area contributed by atoms with Crippen LogP contribution in [0.2, 0.25) is 5.02 Å². The zero-order valence-electron chi connectivity index (χ0n) is 24.8. The quantitative estimate of drug-likeness (QED) is 0.139. The lowest BCUT2D eigenvalue weighted by atomic mass is 9.89. The van der Waals surface area contributed by atoms with Gasteiger partial charge in [0.05, 0.1) is 16.8 Å². The van der Waals surface area contributed by atoms with Gasteiger partial charge in [-0.25, -0.2) is 23.0 Å². The van der Waals surface area contributed by atoms with Crippen molar-refractivity contribution in [2.24, 2.45) is 0 Å². The van der Waals surface area contributed by atoms with Gasteiger partial charge in [0, 0.05) is 35.9 Å². The second-order valence-electron chi connectivity index (χ2n) is 10.8. The Balaban J connectivity index is 0.00000480. The molecule has 0 saturated carbocycles. The van der Waals surface area contributed by atoms with Crippen LogP contribution in [-0.2, 0) is 16.6 Å². The Bertz CT molecular complexity index is 1760. The second-order valence-corrected chi connectivity index (χ2v) is 12.9. The molecule has 11 nitrogen and oxygen atoms in total. The molecule has 1 aliphatic heterocycles. The Morgan fingerprint density at radius 2 is 1.57 bits per heavy atom. The molecule has 242 valence electrons. The lowest BCUT2D eigenvalue weighted by molar-refractivity contribution is 0.0697. The van der Waals surface area contributed by atoms with Gasteiger partial charge in [-0.15, -0.1) is 12.4 Å². The Hall–Kier alpha value is -4.36. The van der Waals surface area contributed by atoms with Gasteiger partial charge < -0.3 is 20.5 Å². The molecule has 2 heterocycles. The molecule has 0 unspecified atom stereocenters. The van der Waals surface area contributed by atoms with Crippen LogP contribution in [0.3, 0.4) is 0 Å². The highest BCUT2D eigenvalue weighted by Gasteiger charge is 2.21. The number of carboxylic acid groups (broad SMARTS) is 1. The number of nitrogens with one attached hydrogen (secondary N) is 3. The fraction of sp³-hybridized carbons (Fsp3) is 0.219. The first-order valence-electron chi connectivity index (χ1n) is 14.1. The van der Waals surface area contributed by atoms with E-state index < -0.39 is 22.0 Å². The normalized spacial score (nSPS) is 13.7. The number of urea groups is 1. The van der Waals surface area contributed by atoms with Crippen molar-refractivity contribution in [3.8, 4) is 11.6 Å². The van der Waals surface area contributed by atoms with Crippen LogP contribution >= 0.6 is 24.0 Å². The summed E-state index contributed by atoms with van der Waals surface area (Å²) in [4.78, 5) is 30.5. The number of pyridine rings is 1. The Kier molecular flexibility index (Phi) is 11.5. The van der Waals surface area contributed by atoms with E-state index in [1.165, 1.54) is 23.8 Å². The van der Waals surface area contributed by atoms with Crippen molar-refractivity contribution in [3.63, 3.8) is 0 Å². The number of anilines is 3. The van der Waals surface area contributed by atoms with Crippen molar-refractivity contribution in [2.75, 3.05) is 34.7 Å². The first-order chi connectivity index (χ1) is 21.5. The number of likely N-dealkylation sites (tertiary alicyclic amines) is 1. The van der Waals surface area contributed by atoms with Crippen LogP contribution in [-0.4, -0.2) is 54.8 Å². The number of aromatic carboxylic acids is 1. The average molecular weight is 687 g/mol. The van der Waals surface area contributed by atoms with E-state index in [-0.39, 0.29) is 23.0 Å². The average Bonchev–Trinajstić information content (AvgIpc) is 3.00. The van der Waals surface area contributed by atoms with Crippen molar-refractivity contribution in [3.05, 3.63) is 107 Å². The molecular weight excluding hydrogens is 653 g/mol. The molecular formula is C32H33Cl2N5O6S. The van der Waals surface area contributed by atoms with E-state index in [0.717, 1.165) is 44.3 Å². The van der Waals surface area contributed by atoms with Gasteiger partial charge in [-0.1, -0.05) is 29.8 Å². The number of halogens is 2. The van der Waals surface area contributed by atoms with Crippen molar-refractivity contribution >= 4 is 63.1 Å². The van der Waals surface area contributed by atoms with Crippen molar-refractivity contribution < 1.29 is 27.9 Å². The summed E-state index contributed by atoms with van der Waals surface area (Å²) in [6, 6.07) is 22.0. The number of sulfonamides is 1. The molecule has 1 aromatic heterocycles. The lowest BCUT2D eigenvalue weighted by Crippen LogP contribution is -2.32. The summed E-state index contributed by atoms with van der Waals surface area (Å²) >= 11 is 5.89. The number of hydrogen-bond acceptors (Lipinski definition) is 7. The highest BCUT2D eigenvalue weighted by atomic mass is 35.5. The molecule has 46 heavy (non-hydrogen) atoms. The molecule has 0 radical (unpaired) electrons. The number of rotatable bonds is 10. The van der Waals surface area contributed by atoms with E-state index >= 15 is 0 Å². The van der Waals surface area contributed by atoms with Gasteiger partial charge >= 0.3 is 12.0 Å². The molecule has 5 rings (SSSR count). The third kappa shape index (κ3) is 9.82. The summed E-state index contributed by atoms with van der Waals surface area (Å²) in [6.07, 6.45) is 4.92. The topological polar surface area (TPSA) is 150 Å². The molecule has 0 atom stereocenters. The number of piperidine rings is 1. The highest BCUT2D eigenvalue weighted by Crippen LogP contribution is 2.30. The minimum atomic E-state index is -3.34. The number of amides is 2. The number of hydrogen-bond donors (Lipinski definition) is 4. The minimum Gasteiger partial charge on any atom is -0.478 e.